The molecule has 0 unspecified atom stereocenters. The minimum Gasteiger partial charge on any atom is -0.479 e. The molecule has 7 heteroatoms. The standard InChI is InChI=1S/C14H19FN2O3.ClH/c1-2-19-14(18)10-20-13-9-11(3-4-12(13)15)17-7-5-16-6-8-17;/h3-4,9,16H,2,5-8,10H2,1H3;1H. The first kappa shape index (κ1) is 17.5. The molecule has 0 aliphatic carbocycles. The third kappa shape index (κ3) is 5.06. The van der Waals surface area contributed by atoms with Gasteiger partial charge in [-0.3, -0.25) is 0 Å². The molecule has 0 amide bonds. The predicted molar refractivity (Wildman–Crippen MR) is 80.9 cm³/mol. The van der Waals surface area contributed by atoms with Crippen molar-refractivity contribution in [1.82, 2.24) is 5.32 Å². The highest BCUT2D eigenvalue weighted by molar-refractivity contribution is 5.85. The zero-order valence-corrected chi connectivity index (χ0v) is 12.7. The van der Waals surface area contributed by atoms with E-state index in [1.807, 2.05) is 0 Å². The van der Waals surface area contributed by atoms with Crippen molar-refractivity contribution in [3.05, 3.63) is 24.0 Å². The van der Waals surface area contributed by atoms with E-state index in [4.69, 9.17) is 9.47 Å². The van der Waals surface area contributed by atoms with Gasteiger partial charge in [0.1, 0.15) is 0 Å². The number of carbonyl (C=O) groups excluding carboxylic acids is 1. The van der Waals surface area contributed by atoms with Crippen molar-refractivity contribution in [2.45, 2.75) is 6.92 Å². The Bertz CT molecular complexity index is 468. The lowest BCUT2D eigenvalue weighted by Crippen LogP contribution is -2.43. The van der Waals surface area contributed by atoms with Crippen LogP contribution in [0.5, 0.6) is 5.75 Å². The molecule has 1 aliphatic rings. The van der Waals surface area contributed by atoms with Gasteiger partial charge in [-0.25, -0.2) is 9.18 Å². The number of piperazine rings is 1. The summed E-state index contributed by atoms with van der Waals surface area (Å²) in [6.45, 7) is 5.24. The number of hydrogen-bond donors (Lipinski definition) is 1. The van der Waals surface area contributed by atoms with Gasteiger partial charge in [0.15, 0.2) is 18.2 Å². The van der Waals surface area contributed by atoms with E-state index < -0.39 is 11.8 Å². The zero-order valence-electron chi connectivity index (χ0n) is 11.9. The molecule has 0 spiro atoms. The Morgan fingerprint density at radius 3 is 2.76 bits per heavy atom. The molecule has 118 valence electrons. The number of anilines is 1. The summed E-state index contributed by atoms with van der Waals surface area (Å²) < 4.78 is 23.6. The van der Waals surface area contributed by atoms with Gasteiger partial charge in [-0.2, -0.15) is 0 Å². The fourth-order valence-electron chi connectivity index (χ4n) is 2.06. The Morgan fingerprint density at radius 1 is 1.38 bits per heavy atom. The fraction of sp³-hybridized carbons (Fsp3) is 0.500. The van der Waals surface area contributed by atoms with Crippen LogP contribution in [0, 0.1) is 5.82 Å². The number of rotatable bonds is 5. The van der Waals surface area contributed by atoms with E-state index in [1.54, 1.807) is 19.1 Å². The molecule has 0 atom stereocenters. The Morgan fingerprint density at radius 2 is 2.10 bits per heavy atom. The number of carbonyl (C=O) groups is 1. The lowest BCUT2D eigenvalue weighted by molar-refractivity contribution is -0.145. The molecule has 1 aromatic rings. The average molecular weight is 319 g/mol. The van der Waals surface area contributed by atoms with E-state index in [1.165, 1.54) is 6.07 Å². The van der Waals surface area contributed by atoms with Crippen molar-refractivity contribution in [3.63, 3.8) is 0 Å². The summed E-state index contributed by atoms with van der Waals surface area (Å²) in [7, 11) is 0. The first-order valence-corrected chi connectivity index (χ1v) is 6.74. The highest BCUT2D eigenvalue weighted by Crippen LogP contribution is 2.25. The van der Waals surface area contributed by atoms with Crippen LogP contribution in [0.4, 0.5) is 10.1 Å². The molecule has 0 saturated carbocycles. The van der Waals surface area contributed by atoms with Gasteiger partial charge in [0.05, 0.1) is 6.61 Å². The van der Waals surface area contributed by atoms with Crippen molar-refractivity contribution >= 4 is 24.1 Å². The second kappa shape index (κ2) is 8.69. The highest BCUT2D eigenvalue weighted by atomic mass is 35.5. The van der Waals surface area contributed by atoms with Gasteiger partial charge in [-0.05, 0) is 19.1 Å². The van der Waals surface area contributed by atoms with Gasteiger partial charge in [-0.15, -0.1) is 12.4 Å². The maximum Gasteiger partial charge on any atom is 0.344 e. The van der Waals surface area contributed by atoms with Crippen molar-refractivity contribution in [2.75, 3.05) is 44.3 Å². The van der Waals surface area contributed by atoms with Crippen LogP contribution >= 0.6 is 12.4 Å². The summed E-state index contributed by atoms with van der Waals surface area (Å²) in [5.41, 5.74) is 0.895. The number of esters is 1. The summed E-state index contributed by atoms with van der Waals surface area (Å²) in [4.78, 5) is 13.4. The first-order valence-electron chi connectivity index (χ1n) is 6.74. The van der Waals surface area contributed by atoms with Crippen LogP contribution < -0.4 is 15.0 Å². The summed E-state index contributed by atoms with van der Waals surface area (Å²) >= 11 is 0. The number of nitrogens with zero attached hydrogens (tertiary/aromatic N) is 1. The second-order valence-corrected chi connectivity index (χ2v) is 4.45. The zero-order chi connectivity index (χ0) is 14.4. The van der Waals surface area contributed by atoms with Crippen LogP contribution in [0.15, 0.2) is 18.2 Å². The molecule has 0 bridgehead atoms. The molecule has 0 aromatic heterocycles. The normalized spacial score (nSPS) is 14.3. The van der Waals surface area contributed by atoms with Crippen molar-refractivity contribution in [2.24, 2.45) is 0 Å². The highest BCUT2D eigenvalue weighted by Gasteiger charge is 2.14. The number of hydrogen-bond acceptors (Lipinski definition) is 5. The maximum absolute atomic E-state index is 13.7. The third-order valence-corrected chi connectivity index (χ3v) is 3.05. The second-order valence-electron chi connectivity index (χ2n) is 4.45. The van der Waals surface area contributed by atoms with E-state index in [0.717, 1.165) is 31.9 Å². The molecule has 0 radical (unpaired) electrons. The van der Waals surface area contributed by atoms with E-state index in [9.17, 15) is 9.18 Å². The lowest BCUT2D eigenvalue weighted by Gasteiger charge is -2.29. The molecule has 1 N–H and O–H groups in total. The largest absolute Gasteiger partial charge is 0.479 e. The Hall–Kier alpha value is -1.53. The van der Waals surface area contributed by atoms with E-state index >= 15 is 0 Å². The summed E-state index contributed by atoms with van der Waals surface area (Å²) in [6, 6.07) is 4.70. The van der Waals surface area contributed by atoms with Gasteiger partial charge in [0.2, 0.25) is 0 Å². The van der Waals surface area contributed by atoms with Crippen LogP contribution in [-0.2, 0) is 9.53 Å². The molecule has 1 aromatic carbocycles. The van der Waals surface area contributed by atoms with Gasteiger partial charge < -0.3 is 19.7 Å². The number of nitrogens with one attached hydrogen (secondary N) is 1. The summed E-state index contributed by atoms with van der Waals surface area (Å²) in [5.74, 6) is -0.901. The smallest absolute Gasteiger partial charge is 0.344 e. The van der Waals surface area contributed by atoms with E-state index in [2.05, 4.69) is 10.2 Å². The third-order valence-electron chi connectivity index (χ3n) is 3.05. The van der Waals surface area contributed by atoms with Crippen molar-refractivity contribution < 1.29 is 18.7 Å². The topological polar surface area (TPSA) is 50.8 Å². The van der Waals surface area contributed by atoms with Crippen LogP contribution in [-0.4, -0.2) is 45.4 Å². The molecule has 5 nitrogen and oxygen atoms in total. The van der Waals surface area contributed by atoms with Crippen LogP contribution in [0.25, 0.3) is 0 Å². The quantitative estimate of drug-likeness (QED) is 0.836. The molecular formula is C14H20ClFN2O3. The van der Waals surface area contributed by atoms with E-state index in [-0.39, 0.29) is 31.4 Å². The molecule has 21 heavy (non-hydrogen) atoms. The van der Waals surface area contributed by atoms with Crippen LogP contribution in [0.1, 0.15) is 6.92 Å². The SMILES string of the molecule is CCOC(=O)COc1cc(N2CCNCC2)ccc1F.Cl. The number of ether oxygens (including phenoxy) is 2. The minimum atomic E-state index is -0.500. The Labute approximate surface area is 129 Å². The first-order chi connectivity index (χ1) is 9.70. The monoisotopic (exact) mass is 318 g/mol. The van der Waals surface area contributed by atoms with Gasteiger partial charge >= 0.3 is 5.97 Å². The average Bonchev–Trinajstić information content (AvgIpc) is 2.47. The Kier molecular flexibility index (Phi) is 7.25. The molecule has 2 rings (SSSR count). The van der Waals surface area contributed by atoms with Gasteiger partial charge in [0, 0.05) is 37.9 Å². The fourth-order valence-corrected chi connectivity index (χ4v) is 2.06. The molecular weight excluding hydrogens is 299 g/mol. The summed E-state index contributed by atoms with van der Waals surface area (Å²) in [5, 5.41) is 3.26. The van der Waals surface area contributed by atoms with Crippen molar-refractivity contribution in [1.29, 1.82) is 0 Å². The maximum atomic E-state index is 13.7. The number of halogens is 2. The molecule has 1 aliphatic heterocycles. The van der Waals surface area contributed by atoms with Gasteiger partial charge in [-0.1, -0.05) is 0 Å². The van der Waals surface area contributed by atoms with Crippen molar-refractivity contribution in [3.8, 4) is 5.75 Å². The van der Waals surface area contributed by atoms with Crippen LogP contribution in [0.2, 0.25) is 0 Å². The number of benzene rings is 1. The predicted octanol–water partition coefficient (Wildman–Crippen LogP) is 1.60. The molecule has 1 saturated heterocycles. The Balaban J connectivity index is 0.00000220. The lowest BCUT2D eigenvalue weighted by atomic mass is 10.2. The van der Waals surface area contributed by atoms with Gasteiger partial charge in [0.25, 0.3) is 0 Å². The van der Waals surface area contributed by atoms with Crippen LogP contribution in [0.3, 0.4) is 0 Å². The van der Waals surface area contributed by atoms with E-state index in [0.29, 0.717) is 0 Å². The summed E-state index contributed by atoms with van der Waals surface area (Å²) in [6.07, 6.45) is 0. The minimum absolute atomic E-state index is 0. The molecule has 1 heterocycles. The molecule has 1 fully saturated rings.